The molecule has 1 fully saturated rings. The summed E-state index contributed by atoms with van der Waals surface area (Å²) in [5.74, 6) is 0. The fraction of sp³-hybridized carbons (Fsp3) is 0.714. The fourth-order valence-electron chi connectivity index (χ4n) is 1.34. The van der Waals surface area contributed by atoms with Crippen molar-refractivity contribution in [1.29, 1.82) is 0 Å². The van der Waals surface area contributed by atoms with E-state index in [1.54, 1.807) is 16.8 Å². The van der Waals surface area contributed by atoms with Crippen LogP contribution in [0.25, 0.3) is 0 Å². The molecule has 1 atom stereocenters. The minimum atomic E-state index is 0.137. The van der Waals surface area contributed by atoms with Crippen LogP contribution in [0.3, 0.4) is 0 Å². The number of ether oxygens (including phenoxy) is 1. The van der Waals surface area contributed by atoms with Crippen LogP contribution in [0, 0.1) is 0 Å². The number of rotatable bonds is 2. The topological polar surface area (TPSA) is 64.3 Å². The molecule has 0 aromatic carbocycles. The summed E-state index contributed by atoms with van der Waals surface area (Å²) in [6, 6.07) is 0. The molecule has 1 aromatic heterocycles. The van der Waals surface area contributed by atoms with Crippen LogP contribution in [0.4, 0.5) is 5.13 Å². The van der Waals surface area contributed by atoms with E-state index in [1.165, 1.54) is 0 Å². The van der Waals surface area contributed by atoms with Crippen LogP contribution in [0.1, 0.15) is 0 Å². The van der Waals surface area contributed by atoms with Gasteiger partial charge < -0.3 is 15.4 Å². The van der Waals surface area contributed by atoms with Gasteiger partial charge in [0.15, 0.2) is 0 Å². The van der Waals surface area contributed by atoms with E-state index >= 15 is 0 Å². The van der Waals surface area contributed by atoms with Crippen LogP contribution in [0.15, 0.2) is 5.51 Å². The molecule has 1 aliphatic rings. The zero-order valence-corrected chi connectivity index (χ0v) is 8.04. The van der Waals surface area contributed by atoms with E-state index in [-0.39, 0.29) is 6.10 Å². The van der Waals surface area contributed by atoms with Crippen molar-refractivity contribution in [1.82, 2.24) is 10.2 Å². The Morgan fingerprint density at radius 3 is 3.38 bits per heavy atom. The molecule has 6 heteroatoms. The van der Waals surface area contributed by atoms with E-state index < -0.39 is 0 Å². The first kappa shape index (κ1) is 8.86. The second-order valence-electron chi connectivity index (χ2n) is 2.90. The second kappa shape index (κ2) is 3.99. The highest BCUT2D eigenvalue weighted by Crippen LogP contribution is 2.18. The molecule has 5 nitrogen and oxygen atoms in total. The van der Waals surface area contributed by atoms with E-state index in [2.05, 4.69) is 15.1 Å². The Morgan fingerprint density at radius 1 is 1.77 bits per heavy atom. The smallest absolute Gasteiger partial charge is 0.208 e. The second-order valence-corrected chi connectivity index (χ2v) is 3.71. The molecule has 13 heavy (non-hydrogen) atoms. The van der Waals surface area contributed by atoms with Gasteiger partial charge in [0.2, 0.25) is 5.13 Å². The minimum absolute atomic E-state index is 0.137. The van der Waals surface area contributed by atoms with Crippen LogP contribution < -0.4 is 10.6 Å². The zero-order valence-electron chi connectivity index (χ0n) is 7.22. The van der Waals surface area contributed by atoms with E-state index in [9.17, 15) is 0 Å². The van der Waals surface area contributed by atoms with Crippen molar-refractivity contribution >= 4 is 16.5 Å². The van der Waals surface area contributed by atoms with Crippen LogP contribution in [0.2, 0.25) is 0 Å². The molecule has 0 unspecified atom stereocenters. The maximum absolute atomic E-state index is 5.53. The normalized spacial score (nSPS) is 23.5. The van der Waals surface area contributed by atoms with Crippen LogP contribution >= 0.6 is 11.3 Å². The minimum Gasteiger partial charge on any atom is -0.373 e. The molecule has 0 spiro atoms. The lowest BCUT2D eigenvalue weighted by molar-refractivity contribution is 0.0465. The maximum Gasteiger partial charge on any atom is 0.208 e. The lowest BCUT2D eigenvalue weighted by Gasteiger charge is -2.31. The molecule has 0 radical (unpaired) electrons. The third-order valence-corrected chi connectivity index (χ3v) is 2.77. The molecule has 2 N–H and O–H groups in total. The Morgan fingerprint density at radius 2 is 2.69 bits per heavy atom. The highest BCUT2D eigenvalue weighted by Gasteiger charge is 2.20. The zero-order chi connectivity index (χ0) is 9.10. The Bertz CT molecular complexity index is 253. The average Bonchev–Trinajstić information content (AvgIpc) is 2.71. The van der Waals surface area contributed by atoms with Gasteiger partial charge in [-0.2, -0.15) is 0 Å². The molecule has 2 heterocycles. The van der Waals surface area contributed by atoms with Gasteiger partial charge >= 0.3 is 0 Å². The van der Waals surface area contributed by atoms with E-state index in [1.807, 2.05) is 0 Å². The summed E-state index contributed by atoms with van der Waals surface area (Å²) in [7, 11) is 0. The highest BCUT2D eigenvalue weighted by atomic mass is 32.1. The summed E-state index contributed by atoms with van der Waals surface area (Å²) < 4.78 is 5.45. The Labute approximate surface area is 80.5 Å². The Hall–Kier alpha value is -0.720. The van der Waals surface area contributed by atoms with Gasteiger partial charge in [-0.05, 0) is 0 Å². The van der Waals surface area contributed by atoms with Crippen molar-refractivity contribution in [3.05, 3.63) is 5.51 Å². The van der Waals surface area contributed by atoms with Crippen LogP contribution in [-0.4, -0.2) is 42.5 Å². The average molecular weight is 200 g/mol. The SMILES string of the molecule is NC[C@H]1CN(c2nncs2)CCO1. The summed E-state index contributed by atoms with van der Waals surface area (Å²) in [5, 5.41) is 8.77. The van der Waals surface area contributed by atoms with Gasteiger partial charge in [-0.3, -0.25) is 0 Å². The van der Waals surface area contributed by atoms with Crippen molar-refractivity contribution in [2.75, 3.05) is 31.1 Å². The van der Waals surface area contributed by atoms with Gasteiger partial charge in [0, 0.05) is 19.6 Å². The van der Waals surface area contributed by atoms with E-state index in [0.717, 1.165) is 24.8 Å². The number of aromatic nitrogens is 2. The van der Waals surface area contributed by atoms with Crippen molar-refractivity contribution < 1.29 is 4.74 Å². The maximum atomic E-state index is 5.53. The molecule has 0 bridgehead atoms. The number of nitrogens with two attached hydrogens (primary N) is 1. The van der Waals surface area contributed by atoms with E-state index in [4.69, 9.17) is 10.5 Å². The molecule has 0 saturated carbocycles. The Balaban J connectivity index is 2.00. The Kier molecular flexibility index (Phi) is 2.72. The monoisotopic (exact) mass is 200 g/mol. The highest BCUT2D eigenvalue weighted by molar-refractivity contribution is 7.13. The quantitative estimate of drug-likeness (QED) is 0.710. The van der Waals surface area contributed by atoms with Crippen molar-refractivity contribution in [2.45, 2.75) is 6.10 Å². The van der Waals surface area contributed by atoms with Crippen LogP contribution in [-0.2, 0) is 4.74 Å². The molecule has 72 valence electrons. The molecular weight excluding hydrogens is 188 g/mol. The summed E-state index contributed by atoms with van der Waals surface area (Å²) >= 11 is 1.55. The standard InChI is InChI=1S/C7H12N4OS/c8-3-6-4-11(1-2-12-6)7-10-9-5-13-7/h5-6H,1-4,8H2/t6-/m0/s1. The lowest BCUT2D eigenvalue weighted by Crippen LogP contribution is -2.45. The third kappa shape index (κ3) is 1.96. The number of hydrogen-bond donors (Lipinski definition) is 1. The van der Waals surface area contributed by atoms with Gasteiger partial charge in [-0.25, -0.2) is 0 Å². The first-order chi connectivity index (χ1) is 6.40. The number of morpholine rings is 1. The lowest BCUT2D eigenvalue weighted by atomic mass is 10.3. The predicted octanol–water partition coefficient (Wildman–Crippen LogP) is -0.298. The molecule has 0 amide bonds. The van der Waals surface area contributed by atoms with Crippen molar-refractivity contribution in [2.24, 2.45) is 5.73 Å². The summed E-state index contributed by atoms with van der Waals surface area (Å²) in [5.41, 5.74) is 7.27. The first-order valence-electron chi connectivity index (χ1n) is 4.23. The van der Waals surface area contributed by atoms with Gasteiger partial charge in [0.25, 0.3) is 0 Å². The summed E-state index contributed by atoms with van der Waals surface area (Å²) in [4.78, 5) is 2.17. The molecule has 1 aromatic rings. The summed E-state index contributed by atoms with van der Waals surface area (Å²) in [6.45, 7) is 2.99. The largest absolute Gasteiger partial charge is 0.373 e. The summed E-state index contributed by atoms with van der Waals surface area (Å²) in [6.07, 6.45) is 0.137. The number of nitrogens with zero attached hydrogens (tertiary/aromatic N) is 3. The number of anilines is 1. The molecule has 1 saturated heterocycles. The van der Waals surface area contributed by atoms with Gasteiger partial charge in [0.05, 0.1) is 12.7 Å². The first-order valence-corrected chi connectivity index (χ1v) is 5.11. The van der Waals surface area contributed by atoms with E-state index in [0.29, 0.717) is 6.54 Å². The van der Waals surface area contributed by atoms with Crippen molar-refractivity contribution in [3.8, 4) is 0 Å². The third-order valence-electron chi connectivity index (χ3n) is 2.02. The molecule has 0 aliphatic carbocycles. The molecule has 1 aliphatic heterocycles. The van der Waals surface area contributed by atoms with Gasteiger partial charge in [0.1, 0.15) is 5.51 Å². The van der Waals surface area contributed by atoms with Gasteiger partial charge in [-0.1, -0.05) is 11.3 Å². The predicted molar refractivity (Wildman–Crippen MR) is 50.9 cm³/mol. The van der Waals surface area contributed by atoms with Crippen molar-refractivity contribution in [3.63, 3.8) is 0 Å². The van der Waals surface area contributed by atoms with Gasteiger partial charge in [-0.15, -0.1) is 10.2 Å². The molecule has 2 rings (SSSR count). The fourth-order valence-corrected chi connectivity index (χ4v) is 1.94. The number of hydrogen-bond acceptors (Lipinski definition) is 6. The van der Waals surface area contributed by atoms with Crippen LogP contribution in [0.5, 0.6) is 0 Å². The molecular formula is C7H12N4OS.